The largest absolute Gasteiger partial charge is 0.288 e. The normalized spacial score (nSPS) is 11.4. The first-order valence-corrected chi connectivity index (χ1v) is 13.6. The third-order valence-corrected chi connectivity index (χ3v) is 6.60. The first kappa shape index (κ1) is 27.0. The number of aliphatic imine (C=N–C) groups is 1. The lowest BCUT2D eigenvalue weighted by atomic mass is 10.1. The second-order valence-electron chi connectivity index (χ2n) is 7.94. The minimum atomic E-state index is 0.328. The van der Waals surface area contributed by atoms with Gasteiger partial charge in [-0.1, -0.05) is 57.8 Å². The average molecular weight is 642 g/mol. The van der Waals surface area contributed by atoms with Crippen LogP contribution in [0.3, 0.4) is 0 Å². The number of benzene rings is 2. The van der Waals surface area contributed by atoms with E-state index in [4.69, 9.17) is 11.6 Å². The van der Waals surface area contributed by atoms with Crippen LogP contribution in [0, 0.1) is 0 Å². The Balaban J connectivity index is 0.000000143. The fourth-order valence-corrected chi connectivity index (χ4v) is 4.40. The van der Waals surface area contributed by atoms with Crippen LogP contribution in [0.5, 0.6) is 0 Å². The highest BCUT2D eigenvalue weighted by Gasteiger charge is 2.08. The van der Waals surface area contributed by atoms with Crippen molar-refractivity contribution in [1.29, 1.82) is 0 Å². The van der Waals surface area contributed by atoms with Gasteiger partial charge in [0, 0.05) is 44.3 Å². The Kier molecular flexibility index (Phi) is 9.49. The molecule has 1 aliphatic heterocycles. The predicted octanol–water partition coefficient (Wildman–Crippen LogP) is 7.21. The third-order valence-electron chi connectivity index (χ3n) is 5.43. The topological polar surface area (TPSA) is 81.7 Å². The lowest BCUT2D eigenvalue weighted by molar-refractivity contribution is 0.815. The van der Waals surface area contributed by atoms with Crippen LogP contribution in [0.25, 0.3) is 16.9 Å². The summed E-state index contributed by atoms with van der Waals surface area (Å²) < 4.78 is 3.92. The number of rotatable bonds is 3. The molecule has 2 aromatic carbocycles. The van der Waals surface area contributed by atoms with Gasteiger partial charge in [-0.3, -0.25) is 4.99 Å². The number of halogens is 3. The minimum absolute atomic E-state index is 0.328. The van der Waals surface area contributed by atoms with Gasteiger partial charge >= 0.3 is 0 Å². The van der Waals surface area contributed by atoms with Crippen LogP contribution in [0.2, 0.25) is 5.28 Å². The number of aryl methyl sites for hydroxylation is 2. The molecule has 0 aliphatic carbocycles. The molecule has 0 spiro atoms. The van der Waals surface area contributed by atoms with Crippen molar-refractivity contribution in [2.24, 2.45) is 4.99 Å². The van der Waals surface area contributed by atoms with Gasteiger partial charge in [0.15, 0.2) is 0 Å². The predicted molar refractivity (Wildman–Crippen MR) is 156 cm³/mol. The van der Waals surface area contributed by atoms with E-state index < -0.39 is 0 Å². The molecule has 37 heavy (non-hydrogen) atoms. The molecular formula is C27H24Br2ClN7. The van der Waals surface area contributed by atoms with Crippen LogP contribution in [-0.4, -0.2) is 35.9 Å². The molecule has 0 amide bonds. The molecule has 4 heterocycles. The third kappa shape index (κ3) is 7.28. The van der Waals surface area contributed by atoms with Crippen LogP contribution < -0.4 is 0 Å². The van der Waals surface area contributed by atoms with Crippen LogP contribution in [0.15, 0.2) is 81.1 Å². The number of fused-ring (bicyclic) bond motifs is 2. The molecule has 1 aliphatic rings. The van der Waals surface area contributed by atoms with Crippen molar-refractivity contribution in [1.82, 2.24) is 29.7 Å². The van der Waals surface area contributed by atoms with Gasteiger partial charge in [0.2, 0.25) is 5.28 Å². The zero-order valence-corrected chi connectivity index (χ0v) is 24.2. The zero-order valence-electron chi connectivity index (χ0n) is 20.3. The van der Waals surface area contributed by atoms with Gasteiger partial charge in [-0.05, 0) is 72.0 Å². The first-order valence-electron chi connectivity index (χ1n) is 11.7. The van der Waals surface area contributed by atoms with Crippen molar-refractivity contribution in [3.8, 4) is 5.95 Å². The molecule has 0 unspecified atom stereocenters. The Labute approximate surface area is 237 Å². The highest BCUT2D eigenvalue weighted by molar-refractivity contribution is 9.10. The molecule has 0 saturated carbocycles. The van der Waals surface area contributed by atoms with Gasteiger partial charge in [-0.2, -0.15) is 9.78 Å². The van der Waals surface area contributed by atoms with Gasteiger partial charge < -0.3 is 0 Å². The molecule has 5 aromatic rings. The summed E-state index contributed by atoms with van der Waals surface area (Å²) in [6.07, 6.45) is 8.97. The van der Waals surface area contributed by atoms with Crippen LogP contribution in [-0.2, 0) is 19.4 Å². The SMILES string of the molecule is Brc1ccc2c(c1)CN=C2.CCc1ccnc(-n2ncc3ccc(Br)cc32)n1.CCc1ccnc(Cl)n1. The molecule has 6 rings (SSSR count). The lowest BCUT2D eigenvalue weighted by Gasteiger charge is -2.03. The second-order valence-corrected chi connectivity index (χ2v) is 10.1. The van der Waals surface area contributed by atoms with Crippen molar-refractivity contribution in [2.45, 2.75) is 33.2 Å². The summed E-state index contributed by atoms with van der Waals surface area (Å²) in [7, 11) is 0. The van der Waals surface area contributed by atoms with E-state index in [-0.39, 0.29) is 0 Å². The average Bonchev–Trinajstić information content (AvgIpc) is 3.56. The molecule has 0 N–H and O–H groups in total. The summed E-state index contributed by atoms with van der Waals surface area (Å²) in [4.78, 5) is 20.6. The number of hydrogen-bond donors (Lipinski definition) is 0. The number of aromatic nitrogens is 6. The van der Waals surface area contributed by atoms with Crippen molar-refractivity contribution < 1.29 is 0 Å². The number of hydrogen-bond acceptors (Lipinski definition) is 6. The van der Waals surface area contributed by atoms with Crippen molar-refractivity contribution >= 4 is 60.6 Å². The summed E-state index contributed by atoms with van der Waals surface area (Å²) >= 11 is 12.4. The highest BCUT2D eigenvalue weighted by atomic mass is 79.9. The van der Waals surface area contributed by atoms with Crippen LogP contribution in [0.1, 0.15) is 36.4 Å². The fraction of sp³-hybridized carbons (Fsp3) is 0.185. The molecule has 10 heteroatoms. The smallest absolute Gasteiger partial charge is 0.251 e. The van der Waals surface area contributed by atoms with E-state index in [1.165, 1.54) is 11.1 Å². The summed E-state index contributed by atoms with van der Waals surface area (Å²) in [5, 5.41) is 5.75. The van der Waals surface area contributed by atoms with Crippen LogP contribution >= 0.6 is 43.5 Å². The van der Waals surface area contributed by atoms with Crippen LogP contribution in [0.4, 0.5) is 0 Å². The van der Waals surface area contributed by atoms with Gasteiger partial charge in [0.1, 0.15) is 0 Å². The quantitative estimate of drug-likeness (QED) is 0.195. The monoisotopic (exact) mass is 639 g/mol. The van der Waals surface area contributed by atoms with E-state index in [1.807, 2.05) is 55.7 Å². The summed E-state index contributed by atoms with van der Waals surface area (Å²) in [6.45, 7) is 4.94. The van der Waals surface area contributed by atoms with E-state index in [0.717, 1.165) is 50.6 Å². The molecule has 0 fully saturated rings. The lowest BCUT2D eigenvalue weighted by Crippen LogP contribution is -2.04. The Bertz CT molecular complexity index is 1530. The summed E-state index contributed by atoms with van der Waals surface area (Å²) in [6, 6.07) is 16.0. The standard InChI is InChI=1S/C13H11BrN4.C8H6BrN.C6H7ClN2/c1-2-11-5-6-15-13(17-11)18-12-7-10(14)4-3-9(12)8-16-18;9-8-2-1-6-4-10-5-7(6)3-8;1-2-5-3-4-8-6(7)9-5/h3-8H,2H2,1H3;1-4H,5H2;3-4H,2H2,1H3. The van der Waals surface area contributed by atoms with Gasteiger partial charge in [0.25, 0.3) is 5.95 Å². The molecule has 0 bridgehead atoms. The Hall–Kier alpha value is -3.01. The molecule has 0 saturated heterocycles. The van der Waals surface area contributed by atoms with E-state index in [2.05, 4.69) is 80.9 Å². The Morgan fingerprint density at radius 1 is 0.865 bits per heavy atom. The van der Waals surface area contributed by atoms with Crippen molar-refractivity contribution in [3.05, 3.63) is 104 Å². The van der Waals surface area contributed by atoms with E-state index in [0.29, 0.717) is 11.2 Å². The van der Waals surface area contributed by atoms with Crippen molar-refractivity contribution in [3.63, 3.8) is 0 Å². The van der Waals surface area contributed by atoms with E-state index >= 15 is 0 Å². The fourth-order valence-electron chi connectivity index (χ4n) is 3.48. The Morgan fingerprint density at radius 3 is 2.30 bits per heavy atom. The molecule has 3 aromatic heterocycles. The molecule has 188 valence electrons. The molecule has 0 radical (unpaired) electrons. The Morgan fingerprint density at radius 2 is 1.57 bits per heavy atom. The maximum atomic E-state index is 5.50. The highest BCUT2D eigenvalue weighted by Crippen LogP contribution is 2.21. The molecule has 7 nitrogen and oxygen atoms in total. The zero-order chi connectivity index (χ0) is 26.2. The van der Waals surface area contributed by atoms with E-state index in [1.54, 1.807) is 17.1 Å². The summed E-state index contributed by atoms with van der Waals surface area (Å²) in [5.74, 6) is 0.613. The minimum Gasteiger partial charge on any atom is -0.288 e. The van der Waals surface area contributed by atoms with Crippen molar-refractivity contribution in [2.75, 3.05) is 0 Å². The van der Waals surface area contributed by atoms with Gasteiger partial charge in [-0.15, -0.1) is 0 Å². The second kappa shape index (κ2) is 13.0. The maximum absolute atomic E-state index is 5.50. The molecule has 0 atom stereocenters. The molecular weight excluding hydrogens is 618 g/mol. The van der Waals surface area contributed by atoms with E-state index in [9.17, 15) is 0 Å². The summed E-state index contributed by atoms with van der Waals surface area (Å²) in [5.41, 5.74) is 5.56. The maximum Gasteiger partial charge on any atom is 0.251 e. The first-order chi connectivity index (χ1) is 18.0. The van der Waals surface area contributed by atoms with Gasteiger partial charge in [0.05, 0.1) is 18.3 Å². The number of nitrogens with zero attached hydrogens (tertiary/aromatic N) is 7. The van der Waals surface area contributed by atoms with Gasteiger partial charge in [-0.25, -0.2) is 19.9 Å².